The summed E-state index contributed by atoms with van der Waals surface area (Å²) in [4.78, 5) is 24.0. The number of methoxy groups -OCH3 is 2. The lowest BCUT2D eigenvalue weighted by molar-refractivity contribution is -0.122. The van der Waals surface area contributed by atoms with E-state index in [1.165, 1.54) is 0 Å². The molecule has 2 amide bonds. The van der Waals surface area contributed by atoms with Crippen LogP contribution in [0.1, 0.15) is 76.3 Å². The second-order valence-electron chi connectivity index (χ2n) is 8.89. The van der Waals surface area contributed by atoms with Crippen molar-refractivity contribution in [3.8, 4) is 23.0 Å². The van der Waals surface area contributed by atoms with Gasteiger partial charge in [0.25, 0.3) is 0 Å². The van der Waals surface area contributed by atoms with Gasteiger partial charge in [-0.2, -0.15) is 10.2 Å². The molecule has 0 aliphatic rings. The first-order valence-corrected chi connectivity index (χ1v) is 13.8. The molecule has 0 saturated carbocycles. The highest BCUT2D eigenvalue weighted by atomic mass is 16.5. The van der Waals surface area contributed by atoms with Gasteiger partial charge in [-0.05, 0) is 74.2 Å². The van der Waals surface area contributed by atoms with Crippen LogP contribution in [0.25, 0.3) is 0 Å². The van der Waals surface area contributed by atoms with E-state index in [-0.39, 0.29) is 11.8 Å². The summed E-state index contributed by atoms with van der Waals surface area (Å²) < 4.78 is 21.6. The predicted molar refractivity (Wildman–Crippen MR) is 157 cm³/mol. The SMILES string of the molecule is CCOc1ccc(/C=N/NC(=O)CCCCCCCCC(=O)N/N=C/c2ccc(OCC)c(OC)c2)cc1OC. The number of hydrazone groups is 2. The van der Waals surface area contributed by atoms with Crippen LogP contribution < -0.4 is 29.8 Å². The number of benzene rings is 2. The molecular weight excluding hydrogens is 512 g/mol. The van der Waals surface area contributed by atoms with Crippen LogP contribution >= 0.6 is 0 Å². The molecule has 2 aromatic carbocycles. The van der Waals surface area contributed by atoms with Crippen LogP contribution in [-0.4, -0.2) is 51.7 Å². The second kappa shape index (κ2) is 19.1. The Kier molecular flexibility index (Phi) is 15.3. The number of amides is 2. The van der Waals surface area contributed by atoms with Crippen LogP contribution in [0.2, 0.25) is 0 Å². The van der Waals surface area contributed by atoms with Crippen LogP contribution in [0.5, 0.6) is 23.0 Å². The summed E-state index contributed by atoms with van der Waals surface area (Å²) in [6.07, 6.45) is 9.53. The molecule has 0 atom stereocenters. The Morgan fingerprint density at radius 1 is 0.650 bits per heavy atom. The molecule has 0 aliphatic carbocycles. The summed E-state index contributed by atoms with van der Waals surface area (Å²) in [5.74, 6) is 2.34. The third kappa shape index (κ3) is 12.2. The van der Waals surface area contributed by atoms with Crippen molar-refractivity contribution in [2.75, 3.05) is 27.4 Å². The maximum absolute atomic E-state index is 12.0. The van der Waals surface area contributed by atoms with E-state index in [1.54, 1.807) is 38.8 Å². The first kappa shape index (κ1) is 32.1. The fourth-order valence-corrected chi connectivity index (χ4v) is 3.83. The number of unbranched alkanes of at least 4 members (excludes halogenated alkanes) is 5. The summed E-state index contributed by atoms with van der Waals surface area (Å²) in [7, 11) is 3.16. The van der Waals surface area contributed by atoms with Crippen LogP contribution in [0.4, 0.5) is 0 Å². The van der Waals surface area contributed by atoms with Gasteiger partial charge >= 0.3 is 0 Å². The fraction of sp³-hybridized carbons (Fsp3) is 0.467. The average molecular weight is 555 g/mol. The van der Waals surface area contributed by atoms with Crippen molar-refractivity contribution in [1.82, 2.24) is 10.9 Å². The molecule has 0 saturated heterocycles. The van der Waals surface area contributed by atoms with Crippen molar-refractivity contribution in [3.63, 3.8) is 0 Å². The minimum absolute atomic E-state index is 0.116. The summed E-state index contributed by atoms with van der Waals surface area (Å²) in [5.41, 5.74) is 6.73. The summed E-state index contributed by atoms with van der Waals surface area (Å²) >= 11 is 0. The van der Waals surface area contributed by atoms with Crippen molar-refractivity contribution >= 4 is 24.2 Å². The van der Waals surface area contributed by atoms with Crippen LogP contribution in [0.3, 0.4) is 0 Å². The molecule has 2 aromatic rings. The molecule has 0 spiro atoms. The lowest BCUT2D eigenvalue weighted by Crippen LogP contribution is -2.17. The standard InChI is InChI=1S/C30H42N4O6/c1-5-39-25-17-15-23(19-27(25)37-3)21-31-33-29(35)13-11-9-7-8-10-12-14-30(36)34-32-22-24-16-18-26(40-6-2)28(20-24)38-4/h15-22H,5-14H2,1-4H3,(H,33,35)(H,34,36)/b31-21+,32-22+. The average Bonchev–Trinajstić information content (AvgIpc) is 2.96. The van der Waals surface area contributed by atoms with Crippen molar-refractivity contribution < 1.29 is 28.5 Å². The number of ether oxygens (including phenoxy) is 4. The Morgan fingerprint density at radius 3 is 1.43 bits per heavy atom. The zero-order valence-electron chi connectivity index (χ0n) is 24.0. The first-order valence-electron chi connectivity index (χ1n) is 13.8. The largest absolute Gasteiger partial charge is 0.493 e. The molecule has 0 unspecified atom stereocenters. The Balaban J connectivity index is 1.53. The lowest BCUT2D eigenvalue weighted by atomic mass is 10.1. The molecule has 2 rings (SSSR count). The third-order valence-electron chi connectivity index (χ3n) is 5.84. The van der Waals surface area contributed by atoms with E-state index in [4.69, 9.17) is 18.9 Å². The van der Waals surface area contributed by atoms with Gasteiger partial charge in [0.1, 0.15) is 0 Å². The number of hydrogen-bond donors (Lipinski definition) is 2. The van der Waals surface area contributed by atoms with Gasteiger partial charge in [-0.25, -0.2) is 10.9 Å². The molecule has 0 bridgehead atoms. The first-order chi connectivity index (χ1) is 19.5. The molecule has 40 heavy (non-hydrogen) atoms. The zero-order valence-corrected chi connectivity index (χ0v) is 24.0. The van der Waals surface area contributed by atoms with Gasteiger partial charge < -0.3 is 18.9 Å². The highest BCUT2D eigenvalue weighted by Crippen LogP contribution is 2.28. The normalized spacial score (nSPS) is 11.0. The van der Waals surface area contributed by atoms with Crippen molar-refractivity contribution in [2.24, 2.45) is 10.2 Å². The van der Waals surface area contributed by atoms with E-state index in [1.807, 2.05) is 38.1 Å². The van der Waals surface area contributed by atoms with Crippen LogP contribution in [0.15, 0.2) is 46.6 Å². The number of hydrogen-bond acceptors (Lipinski definition) is 8. The molecule has 0 aromatic heterocycles. The molecular formula is C30H42N4O6. The molecule has 0 fully saturated rings. The van der Waals surface area contributed by atoms with E-state index in [2.05, 4.69) is 21.1 Å². The molecule has 10 nitrogen and oxygen atoms in total. The van der Waals surface area contributed by atoms with E-state index in [0.717, 1.165) is 49.7 Å². The smallest absolute Gasteiger partial charge is 0.240 e. The van der Waals surface area contributed by atoms with Crippen molar-refractivity contribution in [1.29, 1.82) is 0 Å². The molecule has 0 aliphatic heterocycles. The van der Waals surface area contributed by atoms with E-state index in [0.29, 0.717) is 49.1 Å². The number of carbonyl (C=O) groups excluding carboxylic acids is 2. The Morgan fingerprint density at radius 2 is 1.05 bits per heavy atom. The summed E-state index contributed by atoms with van der Waals surface area (Å²) in [6.45, 7) is 4.92. The maximum Gasteiger partial charge on any atom is 0.240 e. The lowest BCUT2D eigenvalue weighted by Gasteiger charge is -2.09. The van der Waals surface area contributed by atoms with E-state index < -0.39 is 0 Å². The Labute approximate surface area is 237 Å². The van der Waals surface area contributed by atoms with Crippen LogP contribution in [-0.2, 0) is 9.59 Å². The van der Waals surface area contributed by atoms with E-state index >= 15 is 0 Å². The molecule has 2 N–H and O–H groups in total. The minimum Gasteiger partial charge on any atom is -0.493 e. The molecule has 10 heteroatoms. The third-order valence-corrected chi connectivity index (χ3v) is 5.84. The maximum atomic E-state index is 12.0. The summed E-state index contributed by atoms with van der Waals surface area (Å²) in [5, 5.41) is 8.05. The van der Waals surface area contributed by atoms with Gasteiger partial charge in [0.05, 0.1) is 39.9 Å². The Bertz CT molecular complexity index is 1030. The molecule has 218 valence electrons. The van der Waals surface area contributed by atoms with Gasteiger partial charge in [-0.1, -0.05) is 25.7 Å². The predicted octanol–water partition coefficient (Wildman–Crippen LogP) is 5.22. The second-order valence-corrected chi connectivity index (χ2v) is 8.89. The molecule has 0 radical (unpaired) electrons. The number of carbonyl (C=O) groups is 2. The topological polar surface area (TPSA) is 120 Å². The molecule has 0 heterocycles. The minimum atomic E-state index is -0.116. The zero-order chi connectivity index (χ0) is 29.0. The van der Waals surface area contributed by atoms with Crippen molar-refractivity contribution in [2.45, 2.75) is 65.2 Å². The highest BCUT2D eigenvalue weighted by molar-refractivity contribution is 5.84. The number of nitrogens with zero attached hydrogens (tertiary/aromatic N) is 2. The van der Waals surface area contributed by atoms with Gasteiger partial charge in [-0.15, -0.1) is 0 Å². The van der Waals surface area contributed by atoms with Gasteiger partial charge in [0.2, 0.25) is 11.8 Å². The fourth-order valence-electron chi connectivity index (χ4n) is 3.83. The monoisotopic (exact) mass is 554 g/mol. The Hall–Kier alpha value is -4.08. The summed E-state index contributed by atoms with van der Waals surface area (Å²) in [6, 6.07) is 10.9. The van der Waals surface area contributed by atoms with E-state index in [9.17, 15) is 9.59 Å². The number of nitrogens with one attached hydrogen (secondary N) is 2. The van der Waals surface area contributed by atoms with Crippen LogP contribution in [0, 0.1) is 0 Å². The van der Waals surface area contributed by atoms with Gasteiger partial charge in [0.15, 0.2) is 23.0 Å². The van der Waals surface area contributed by atoms with Crippen molar-refractivity contribution in [3.05, 3.63) is 47.5 Å². The van der Waals surface area contributed by atoms with Gasteiger partial charge in [0, 0.05) is 12.8 Å². The van der Waals surface area contributed by atoms with Gasteiger partial charge in [-0.3, -0.25) is 9.59 Å². The highest BCUT2D eigenvalue weighted by Gasteiger charge is 2.06. The quantitative estimate of drug-likeness (QED) is 0.140. The number of rotatable bonds is 19.